The highest BCUT2D eigenvalue weighted by Gasteiger charge is 2.40. The van der Waals surface area contributed by atoms with Crippen molar-refractivity contribution in [2.24, 2.45) is 0 Å². The Labute approximate surface area is 149 Å². The van der Waals surface area contributed by atoms with Crippen molar-refractivity contribution in [2.45, 2.75) is 63.3 Å². The van der Waals surface area contributed by atoms with Gasteiger partial charge in [0, 0.05) is 24.2 Å². The monoisotopic (exact) mass is 369 g/mol. The van der Waals surface area contributed by atoms with Crippen LogP contribution in [0.3, 0.4) is 0 Å². The Balaban J connectivity index is 1.46. The number of hydrogen-bond donors (Lipinski definition) is 3. The summed E-state index contributed by atoms with van der Waals surface area (Å²) in [5.74, 6) is -1.99. The van der Waals surface area contributed by atoms with Crippen molar-refractivity contribution in [3.8, 4) is 0 Å². The molecule has 2 amide bonds. The summed E-state index contributed by atoms with van der Waals surface area (Å²) >= 11 is 0. The fourth-order valence-corrected chi connectivity index (χ4v) is 3.66. The normalized spacial score (nSPS) is 25.2. The second kappa shape index (κ2) is 7.17. The summed E-state index contributed by atoms with van der Waals surface area (Å²) < 4.78 is 36.9. The molecule has 1 aliphatic heterocycles. The minimum absolute atomic E-state index is 0.0758. The molecule has 1 heterocycles. The van der Waals surface area contributed by atoms with Crippen LogP contribution < -0.4 is 16.0 Å². The number of alkyl halides is 3. The second-order valence-electron chi connectivity index (χ2n) is 7.04. The third kappa shape index (κ3) is 4.11. The molecule has 0 aromatic heterocycles. The van der Waals surface area contributed by atoms with Crippen molar-refractivity contribution in [1.82, 2.24) is 10.6 Å². The molecule has 0 bridgehead atoms. The van der Waals surface area contributed by atoms with E-state index < -0.39 is 18.1 Å². The fourth-order valence-electron chi connectivity index (χ4n) is 3.66. The molecular formula is C18H22F3N3O2. The van der Waals surface area contributed by atoms with E-state index in [4.69, 9.17) is 0 Å². The van der Waals surface area contributed by atoms with Crippen molar-refractivity contribution >= 4 is 17.5 Å². The number of hydrogen-bond acceptors (Lipinski definition) is 3. The molecule has 1 saturated carbocycles. The summed E-state index contributed by atoms with van der Waals surface area (Å²) in [6.07, 6.45) is -2.29. The van der Waals surface area contributed by atoms with E-state index in [0.29, 0.717) is 32.1 Å². The third-order valence-corrected chi connectivity index (χ3v) is 5.08. The van der Waals surface area contributed by atoms with E-state index in [9.17, 15) is 22.8 Å². The van der Waals surface area contributed by atoms with E-state index in [2.05, 4.69) is 10.6 Å². The number of para-hydroxylation sites is 1. The zero-order valence-electron chi connectivity index (χ0n) is 14.5. The van der Waals surface area contributed by atoms with Crippen LogP contribution in [0.5, 0.6) is 0 Å². The topological polar surface area (TPSA) is 70.2 Å². The van der Waals surface area contributed by atoms with Crippen LogP contribution in [0.1, 0.15) is 36.8 Å². The Kier molecular flexibility index (Phi) is 5.11. The number of rotatable bonds is 3. The minimum atomic E-state index is -4.85. The SMILES string of the molecule is Cc1cccc2c1NC(C(=O)NC1CCC(NC(=O)C(F)(F)F)CC1)C2. The Morgan fingerprint density at radius 1 is 1.08 bits per heavy atom. The molecule has 8 heteroatoms. The van der Waals surface area contributed by atoms with E-state index in [1.54, 1.807) is 0 Å². The minimum Gasteiger partial charge on any atom is -0.373 e. The first-order valence-corrected chi connectivity index (χ1v) is 8.77. The van der Waals surface area contributed by atoms with Gasteiger partial charge in [-0.1, -0.05) is 18.2 Å². The summed E-state index contributed by atoms with van der Waals surface area (Å²) in [6, 6.07) is 5.06. The van der Waals surface area contributed by atoms with Crippen LogP contribution in [0.2, 0.25) is 0 Å². The summed E-state index contributed by atoms with van der Waals surface area (Å²) in [7, 11) is 0. The molecule has 26 heavy (non-hydrogen) atoms. The molecule has 1 unspecified atom stereocenters. The molecule has 1 fully saturated rings. The number of aryl methyl sites for hydroxylation is 1. The Bertz CT molecular complexity index is 697. The maximum Gasteiger partial charge on any atom is 0.471 e. The highest BCUT2D eigenvalue weighted by Crippen LogP contribution is 2.29. The molecule has 1 aromatic rings. The predicted octanol–water partition coefficient (Wildman–Crippen LogP) is 2.44. The highest BCUT2D eigenvalue weighted by molar-refractivity contribution is 5.88. The average Bonchev–Trinajstić information content (AvgIpc) is 3.01. The van der Waals surface area contributed by atoms with Gasteiger partial charge in [0.15, 0.2) is 0 Å². The summed E-state index contributed by atoms with van der Waals surface area (Å²) in [6.45, 7) is 1.99. The Morgan fingerprint density at radius 2 is 1.69 bits per heavy atom. The fraction of sp³-hybridized carbons (Fsp3) is 0.556. The van der Waals surface area contributed by atoms with Gasteiger partial charge in [-0.25, -0.2) is 0 Å². The van der Waals surface area contributed by atoms with Gasteiger partial charge in [-0.15, -0.1) is 0 Å². The number of carbonyl (C=O) groups excluding carboxylic acids is 2. The van der Waals surface area contributed by atoms with Gasteiger partial charge in [-0.3, -0.25) is 9.59 Å². The number of nitrogens with one attached hydrogen (secondary N) is 3. The number of carbonyl (C=O) groups is 2. The molecule has 0 saturated heterocycles. The first kappa shape index (κ1) is 18.5. The lowest BCUT2D eigenvalue weighted by Crippen LogP contribution is -2.49. The third-order valence-electron chi connectivity index (χ3n) is 5.08. The van der Waals surface area contributed by atoms with Gasteiger partial charge in [0.25, 0.3) is 0 Å². The quantitative estimate of drug-likeness (QED) is 0.767. The molecule has 0 radical (unpaired) electrons. The lowest BCUT2D eigenvalue weighted by atomic mass is 9.91. The van der Waals surface area contributed by atoms with Gasteiger partial charge in [0.1, 0.15) is 6.04 Å². The van der Waals surface area contributed by atoms with Crippen molar-refractivity contribution in [1.29, 1.82) is 0 Å². The molecule has 3 rings (SSSR count). The molecule has 1 aliphatic carbocycles. The molecule has 2 aliphatic rings. The summed E-state index contributed by atoms with van der Waals surface area (Å²) in [5, 5.41) is 8.25. The van der Waals surface area contributed by atoms with Crippen LogP contribution in [-0.4, -0.2) is 36.1 Å². The first-order valence-electron chi connectivity index (χ1n) is 8.77. The van der Waals surface area contributed by atoms with Gasteiger partial charge >= 0.3 is 12.1 Å². The maximum absolute atomic E-state index is 12.5. The van der Waals surface area contributed by atoms with Crippen LogP contribution in [-0.2, 0) is 16.0 Å². The van der Waals surface area contributed by atoms with Crippen molar-refractivity contribution < 1.29 is 22.8 Å². The van der Waals surface area contributed by atoms with Crippen LogP contribution in [0, 0.1) is 6.92 Å². The summed E-state index contributed by atoms with van der Waals surface area (Å²) in [4.78, 5) is 23.5. The number of halogens is 3. The zero-order valence-corrected chi connectivity index (χ0v) is 14.5. The van der Waals surface area contributed by atoms with E-state index in [1.807, 2.05) is 30.4 Å². The van der Waals surface area contributed by atoms with E-state index in [1.165, 1.54) is 0 Å². The Morgan fingerprint density at radius 3 is 2.27 bits per heavy atom. The van der Waals surface area contributed by atoms with E-state index in [0.717, 1.165) is 16.8 Å². The van der Waals surface area contributed by atoms with Crippen molar-refractivity contribution in [2.75, 3.05) is 5.32 Å². The van der Waals surface area contributed by atoms with Crippen LogP contribution in [0.15, 0.2) is 18.2 Å². The highest BCUT2D eigenvalue weighted by atomic mass is 19.4. The van der Waals surface area contributed by atoms with Crippen molar-refractivity contribution in [3.63, 3.8) is 0 Å². The average molecular weight is 369 g/mol. The van der Waals surface area contributed by atoms with Gasteiger partial charge in [-0.05, 0) is 43.7 Å². The molecular weight excluding hydrogens is 347 g/mol. The number of anilines is 1. The first-order chi connectivity index (χ1) is 12.2. The molecule has 5 nitrogen and oxygen atoms in total. The molecule has 1 atom stereocenters. The van der Waals surface area contributed by atoms with Crippen LogP contribution in [0.4, 0.5) is 18.9 Å². The molecule has 0 spiro atoms. The van der Waals surface area contributed by atoms with Crippen molar-refractivity contribution in [3.05, 3.63) is 29.3 Å². The standard InChI is InChI=1S/C18H22F3N3O2/c1-10-3-2-4-11-9-14(24-15(10)11)16(25)22-12-5-7-13(8-6-12)23-17(26)18(19,20)21/h2-4,12-14,24H,5-9H2,1H3,(H,22,25)(H,23,26). The Hall–Kier alpha value is -2.25. The van der Waals surface area contributed by atoms with Gasteiger partial charge < -0.3 is 16.0 Å². The predicted molar refractivity (Wildman–Crippen MR) is 90.7 cm³/mol. The number of fused-ring (bicyclic) bond motifs is 1. The van der Waals surface area contributed by atoms with Crippen LogP contribution in [0.25, 0.3) is 0 Å². The largest absolute Gasteiger partial charge is 0.471 e. The summed E-state index contributed by atoms with van der Waals surface area (Å²) in [5.41, 5.74) is 3.22. The number of amides is 2. The zero-order chi connectivity index (χ0) is 18.9. The molecule has 3 N–H and O–H groups in total. The molecule has 1 aromatic carbocycles. The lowest BCUT2D eigenvalue weighted by Gasteiger charge is -2.30. The van der Waals surface area contributed by atoms with Gasteiger partial charge in [-0.2, -0.15) is 13.2 Å². The van der Waals surface area contributed by atoms with Gasteiger partial charge in [0.2, 0.25) is 5.91 Å². The maximum atomic E-state index is 12.5. The van der Waals surface area contributed by atoms with E-state index >= 15 is 0 Å². The number of benzene rings is 1. The lowest BCUT2D eigenvalue weighted by molar-refractivity contribution is -0.174. The second-order valence-corrected chi connectivity index (χ2v) is 7.04. The molecule has 142 valence electrons. The van der Waals surface area contributed by atoms with Gasteiger partial charge in [0.05, 0.1) is 0 Å². The van der Waals surface area contributed by atoms with Crippen LogP contribution >= 0.6 is 0 Å². The van der Waals surface area contributed by atoms with E-state index in [-0.39, 0.29) is 18.0 Å². The smallest absolute Gasteiger partial charge is 0.373 e.